The molecule has 0 radical (unpaired) electrons. The van der Waals surface area contributed by atoms with E-state index in [-0.39, 0.29) is 38.5 Å². The number of carbonyl (C=O) groups is 2. The van der Waals surface area contributed by atoms with Gasteiger partial charge in [-0.15, -0.1) is 0 Å². The molecule has 1 aliphatic rings. The molecule has 12 heteroatoms. The highest BCUT2D eigenvalue weighted by Gasteiger charge is 2.31. The fraction of sp³-hybridized carbons (Fsp3) is 0.577. The molecule has 2 amide bonds. The summed E-state index contributed by atoms with van der Waals surface area (Å²) >= 11 is 0. The average Bonchev–Trinajstić information content (AvgIpc) is 2.87. The maximum atomic E-state index is 13.0. The SMILES string of the molecule is CC1C=CC(C(O)C(CNCc2cncc(C(F)(F)F)c2)NC(=O)C(C)CC(=O)N(CCN)CCN)=CC1. The van der Waals surface area contributed by atoms with Crippen LogP contribution in [0.25, 0.3) is 0 Å². The summed E-state index contributed by atoms with van der Waals surface area (Å²) in [6, 6.07) is 0.201. The Bertz CT molecular complexity index is 979. The van der Waals surface area contributed by atoms with Gasteiger partial charge in [-0.1, -0.05) is 32.1 Å². The number of nitrogens with zero attached hydrogens (tertiary/aromatic N) is 2. The zero-order chi connectivity index (χ0) is 28.3. The standard InChI is InChI=1S/C26H39F3N6O3/c1-17-3-5-20(6-4-17)24(37)22(16-33-14-19-12-21(15-32-13-19)26(27,28)29)34-25(38)18(2)11-23(36)35(9-7-30)10-8-31/h3,5-6,12-13,15,17-18,22,24,33,37H,4,7-11,14,16,30-31H2,1-2H3,(H,34,38). The zero-order valence-electron chi connectivity index (χ0n) is 21.9. The maximum Gasteiger partial charge on any atom is 0.417 e. The van der Waals surface area contributed by atoms with E-state index in [9.17, 15) is 27.9 Å². The molecule has 0 fully saturated rings. The van der Waals surface area contributed by atoms with Crippen molar-refractivity contribution < 1.29 is 27.9 Å². The lowest BCUT2D eigenvalue weighted by Gasteiger charge is -2.29. The first-order valence-electron chi connectivity index (χ1n) is 12.7. The Morgan fingerprint density at radius 2 is 1.92 bits per heavy atom. The van der Waals surface area contributed by atoms with Crippen LogP contribution in [0, 0.1) is 11.8 Å². The second-order valence-corrected chi connectivity index (χ2v) is 9.61. The van der Waals surface area contributed by atoms with Gasteiger partial charge in [0, 0.05) is 64.0 Å². The zero-order valence-corrected chi connectivity index (χ0v) is 21.9. The molecule has 1 aromatic rings. The third-order valence-electron chi connectivity index (χ3n) is 6.29. The quantitative estimate of drug-likeness (QED) is 0.239. The van der Waals surface area contributed by atoms with Crippen molar-refractivity contribution in [3.8, 4) is 0 Å². The number of allylic oxidation sites excluding steroid dienone is 2. The minimum absolute atomic E-state index is 0.0448. The third kappa shape index (κ3) is 9.82. The van der Waals surface area contributed by atoms with Crippen LogP contribution in [0.1, 0.15) is 37.8 Å². The lowest BCUT2D eigenvalue weighted by Crippen LogP contribution is -2.51. The van der Waals surface area contributed by atoms with E-state index in [4.69, 9.17) is 11.5 Å². The van der Waals surface area contributed by atoms with Gasteiger partial charge in [-0.25, -0.2) is 0 Å². The Hall–Kier alpha value is -2.80. The molecular weight excluding hydrogens is 501 g/mol. The van der Waals surface area contributed by atoms with Gasteiger partial charge in [0.2, 0.25) is 11.8 Å². The molecule has 1 heterocycles. The van der Waals surface area contributed by atoms with Crippen LogP contribution in [0.2, 0.25) is 0 Å². The van der Waals surface area contributed by atoms with Gasteiger partial charge in [0.15, 0.2) is 0 Å². The highest BCUT2D eigenvalue weighted by Crippen LogP contribution is 2.29. The monoisotopic (exact) mass is 540 g/mol. The molecule has 0 spiro atoms. The lowest BCUT2D eigenvalue weighted by molar-refractivity contribution is -0.138. The number of hydrogen-bond acceptors (Lipinski definition) is 7. The van der Waals surface area contributed by atoms with E-state index in [1.54, 1.807) is 13.0 Å². The van der Waals surface area contributed by atoms with Crippen molar-refractivity contribution >= 4 is 11.8 Å². The van der Waals surface area contributed by atoms with Gasteiger partial charge in [-0.2, -0.15) is 13.2 Å². The first-order valence-corrected chi connectivity index (χ1v) is 12.7. The molecule has 1 aliphatic carbocycles. The summed E-state index contributed by atoms with van der Waals surface area (Å²) in [5, 5.41) is 16.9. The van der Waals surface area contributed by atoms with Crippen LogP contribution < -0.4 is 22.1 Å². The maximum absolute atomic E-state index is 13.0. The van der Waals surface area contributed by atoms with Crippen LogP contribution in [0.4, 0.5) is 13.2 Å². The van der Waals surface area contributed by atoms with E-state index in [1.807, 2.05) is 19.1 Å². The molecule has 2 rings (SSSR count). The Kier molecular flexibility index (Phi) is 12.4. The number of aromatic nitrogens is 1. The predicted molar refractivity (Wildman–Crippen MR) is 138 cm³/mol. The highest BCUT2D eigenvalue weighted by atomic mass is 19.4. The number of amides is 2. The van der Waals surface area contributed by atoms with Gasteiger partial charge >= 0.3 is 6.18 Å². The summed E-state index contributed by atoms with van der Waals surface area (Å²) in [4.78, 5) is 30.8. The largest absolute Gasteiger partial charge is 0.417 e. The molecule has 0 aliphatic heterocycles. The molecule has 7 N–H and O–H groups in total. The Morgan fingerprint density at radius 1 is 1.24 bits per heavy atom. The second kappa shape index (κ2) is 15.0. The number of aliphatic hydroxyl groups excluding tert-OH is 1. The van der Waals surface area contributed by atoms with Crippen molar-refractivity contribution in [1.82, 2.24) is 20.5 Å². The topological polar surface area (TPSA) is 147 Å². The van der Waals surface area contributed by atoms with Crippen molar-refractivity contribution in [1.29, 1.82) is 0 Å². The molecule has 0 saturated carbocycles. The summed E-state index contributed by atoms with van der Waals surface area (Å²) < 4.78 is 39.0. The van der Waals surface area contributed by atoms with E-state index in [2.05, 4.69) is 15.6 Å². The van der Waals surface area contributed by atoms with Crippen molar-refractivity contribution in [2.24, 2.45) is 23.3 Å². The number of rotatable bonds is 14. The van der Waals surface area contributed by atoms with E-state index in [0.717, 1.165) is 18.7 Å². The van der Waals surface area contributed by atoms with Crippen LogP contribution in [0.15, 0.2) is 42.3 Å². The van der Waals surface area contributed by atoms with Crippen LogP contribution in [0.3, 0.4) is 0 Å². The number of halogens is 3. The molecule has 212 valence electrons. The molecule has 0 aromatic carbocycles. The molecule has 4 unspecified atom stereocenters. The van der Waals surface area contributed by atoms with Gasteiger partial charge in [0.1, 0.15) is 6.10 Å². The van der Waals surface area contributed by atoms with E-state index in [0.29, 0.717) is 30.1 Å². The Balaban J connectivity index is 2.09. The second-order valence-electron chi connectivity index (χ2n) is 9.61. The third-order valence-corrected chi connectivity index (χ3v) is 6.29. The lowest BCUT2D eigenvalue weighted by atomic mass is 9.92. The molecular formula is C26H39F3N6O3. The number of alkyl halides is 3. The van der Waals surface area contributed by atoms with Crippen molar-refractivity contribution in [2.75, 3.05) is 32.7 Å². The highest BCUT2D eigenvalue weighted by molar-refractivity contribution is 5.85. The Morgan fingerprint density at radius 3 is 2.50 bits per heavy atom. The van der Waals surface area contributed by atoms with Crippen LogP contribution in [-0.4, -0.2) is 71.7 Å². The summed E-state index contributed by atoms with van der Waals surface area (Å²) in [7, 11) is 0. The molecule has 1 aromatic heterocycles. The van der Waals surface area contributed by atoms with Gasteiger partial charge in [-0.3, -0.25) is 14.6 Å². The number of pyridine rings is 1. The van der Waals surface area contributed by atoms with Crippen molar-refractivity contribution in [2.45, 2.75) is 51.6 Å². The van der Waals surface area contributed by atoms with Crippen molar-refractivity contribution in [3.63, 3.8) is 0 Å². The van der Waals surface area contributed by atoms with E-state index in [1.165, 1.54) is 11.1 Å². The molecule has 38 heavy (non-hydrogen) atoms. The van der Waals surface area contributed by atoms with Crippen LogP contribution in [0.5, 0.6) is 0 Å². The predicted octanol–water partition coefficient (Wildman–Crippen LogP) is 1.33. The van der Waals surface area contributed by atoms with Crippen LogP contribution in [-0.2, 0) is 22.3 Å². The molecule has 0 bridgehead atoms. The summed E-state index contributed by atoms with van der Waals surface area (Å²) in [5.74, 6) is -1.05. The fourth-order valence-corrected chi connectivity index (χ4v) is 4.03. The summed E-state index contributed by atoms with van der Waals surface area (Å²) in [5.41, 5.74) is 11.2. The van der Waals surface area contributed by atoms with Gasteiger partial charge < -0.3 is 32.1 Å². The van der Waals surface area contributed by atoms with E-state index < -0.39 is 35.7 Å². The Labute approximate surface area is 221 Å². The smallest absolute Gasteiger partial charge is 0.386 e. The molecule has 0 saturated heterocycles. The number of carbonyl (C=O) groups excluding carboxylic acids is 2. The number of nitrogens with one attached hydrogen (secondary N) is 2. The minimum atomic E-state index is -4.51. The van der Waals surface area contributed by atoms with Gasteiger partial charge in [-0.05, 0) is 29.5 Å². The fourth-order valence-electron chi connectivity index (χ4n) is 4.03. The first-order chi connectivity index (χ1) is 18.0. The summed E-state index contributed by atoms with van der Waals surface area (Å²) in [6.07, 6.45) is 2.84. The van der Waals surface area contributed by atoms with Gasteiger partial charge in [0.25, 0.3) is 0 Å². The molecule has 4 atom stereocenters. The van der Waals surface area contributed by atoms with Crippen molar-refractivity contribution in [3.05, 3.63) is 53.4 Å². The number of aliphatic hydroxyl groups is 1. The minimum Gasteiger partial charge on any atom is -0.386 e. The average molecular weight is 541 g/mol. The number of hydrogen-bond donors (Lipinski definition) is 5. The summed E-state index contributed by atoms with van der Waals surface area (Å²) in [6.45, 7) is 4.97. The number of nitrogens with two attached hydrogens (primary N) is 2. The van der Waals surface area contributed by atoms with Gasteiger partial charge in [0.05, 0.1) is 11.6 Å². The first kappa shape index (κ1) is 31.4. The van der Waals surface area contributed by atoms with Crippen LogP contribution >= 0.6 is 0 Å². The normalized spacial score (nSPS) is 17.9. The molecule has 9 nitrogen and oxygen atoms in total. The van der Waals surface area contributed by atoms with E-state index >= 15 is 0 Å².